The summed E-state index contributed by atoms with van der Waals surface area (Å²) in [7, 11) is 0. The maximum atomic E-state index is 2.52. The van der Waals surface area contributed by atoms with Crippen LogP contribution >= 0.6 is 0 Å². The average Bonchev–Trinajstić information content (AvgIpc) is 3.57. The van der Waals surface area contributed by atoms with Gasteiger partial charge in [-0.15, -0.1) is 0 Å². The molecular weight excluding hydrogens is 745 g/mol. The summed E-state index contributed by atoms with van der Waals surface area (Å²) in [6.45, 7) is 18.4. The lowest BCUT2D eigenvalue weighted by molar-refractivity contribution is 0.838. The van der Waals surface area contributed by atoms with Crippen molar-refractivity contribution in [1.29, 1.82) is 0 Å². The Labute approximate surface area is 366 Å². The van der Waals surface area contributed by atoms with E-state index in [0.29, 0.717) is 11.8 Å². The van der Waals surface area contributed by atoms with Crippen LogP contribution in [0.5, 0.6) is 0 Å². The van der Waals surface area contributed by atoms with Crippen molar-refractivity contribution < 1.29 is 0 Å². The smallest absolute Gasteiger partial charge is 0.00132 e. The van der Waals surface area contributed by atoms with E-state index in [2.05, 4.69) is 213 Å². The molecule has 1 aliphatic rings. The molecule has 0 unspecified atom stereocenters. The summed E-state index contributed by atoms with van der Waals surface area (Å²) in [5, 5.41) is 10.4. The number of hydrogen-bond acceptors (Lipinski definition) is 0. The molecule has 300 valence electrons. The van der Waals surface area contributed by atoms with Gasteiger partial charge in [-0.05, 0) is 214 Å². The molecule has 0 spiro atoms. The van der Waals surface area contributed by atoms with Gasteiger partial charge in [0.1, 0.15) is 0 Å². The number of aryl methyl sites for hydroxylation is 4. The second-order valence-electron chi connectivity index (χ2n) is 18.7. The first-order valence-corrected chi connectivity index (χ1v) is 22.5. The topological polar surface area (TPSA) is 0 Å². The molecule has 0 bridgehead atoms. The highest BCUT2D eigenvalue weighted by Gasteiger charge is 2.30. The standard InChI is InChI=1S/C62H52/c1-35(2)48-20-14-21-49(36(3)4)59(48)44-24-23-43-29-57-60-54(52(43)30-44)31-46(45-26-37(5)25-38(6)27-45)32-55(60)56-34-47-33-51-42(19-13-22-50(51)41-17-10-9-11-18-41)28-53(47)62(61(56)57)58-39(7)15-12-16-40(58)8/h9-36H,1-8H3. The van der Waals surface area contributed by atoms with Gasteiger partial charge in [0.15, 0.2) is 0 Å². The van der Waals surface area contributed by atoms with Crippen LogP contribution in [0.15, 0.2) is 158 Å². The molecule has 0 radical (unpaired) electrons. The van der Waals surface area contributed by atoms with Crippen molar-refractivity contribution in [3.63, 3.8) is 0 Å². The third-order valence-corrected chi connectivity index (χ3v) is 13.8. The molecule has 0 saturated carbocycles. The van der Waals surface area contributed by atoms with Crippen LogP contribution in [0.25, 0.3) is 110 Å². The third kappa shape index (κ3) is 5.95. The zero-order chi connectivity index (χ0) is 42.6. The Kier molecular flexibility index (Phi) is 8.88. The van der Waals surface area contributed by atoms with E-state index in [1.807, 2.05) is 0 Å². The summed E-state index contributed by atoms with van der Waals surface area (Å²) in [6.07, 6.45) is 0. The lowest BCUT2D eigenvalue weighted by Crippen LogP contribution is -1.99. The van der Waals surface area contributed by atoms with E-state index < -0.39 is 0 Å². The highest BCUT2D eigenvalue weighted by Crippen LogP contribution is 2.57. The largest absolute Gasteiger partial charge is 0.0622 e. The Balaban J connectivity index is 1.29. The Hall–Kier alpha value is -6.76. The van der Waals surface area contributed by atoms with Crippen molar-refractivity contribution >= 4 is 43.1 Å². The number of fused-ring (bicyclic) bond motifs is 7. The van der Waals surface area contributed by atoms with Crippen LogP contribution in [-0.2, 0) is 0 Å². The Morgan fingerprint density at radius 3 is 1.63 bits per heavy atom. The molecule has 0 heteroatoms. The molecule has 0 saturated heterocycles. The molecule has 0 aliphatic heterocycles. The Morgan fingerprint density at radius 1 is 0.306 bits per heavy atom. The maximum absolute atomic E-state index is 2.52. The molecule has 0 atom stereocenters. The minimum Gasteiger partial charge on any atom is -0.0622 e. The van der Waals surface area contributed by atoms with Gasteiger partial charge in [0.05, 0.1) is 0 Å². The lowest BCUT2D eigenvalue weighted by atomic mass is 9.83. The summed E-state index contributed by atoms with van der Waals surface area (Å²) in [6, 6.07) is 60.7. The van der Waals surface area contributed by atoms with Gasteiger partial charge in [0.25, 0.3) is 0 Å². The Bertz CT molecular complexity index is 3420. The molecule has 0 heterocycles. The summed E-state index contributed by atoms with van der Waals surface area (Å²) < 4.78 is 0. The monoisotopic (exact) mass is 796 g/mol. The normalized spacial score (nSPS) is 12.2. The number of hydrogen-bond donors (Lipinski definition) is 0. The highest BCUT2D eigenvalue weighted by atomic mass is 14.3. The first kappa shape index (κ1) is 38.2. The fraction of sp³-hybridized carbons (Fsp3) is 0.161. The van der Waals surface area contributed by atoms with Gasteiger partial charge in [0, 0.05) is 0 Å². The third-order valence-electron chi connectivity index (χ3n) is 13.8. The quantitative estimate of drug-likeness (QED) is 0.116. The average molecular weight is 797 g/mol. The van der Waals surface area contributed by atoms with E-state index in [1.54, 1.807) is 0 Å². The SMILES string of the molecule is Cc1cc(C)cc(-c2cc3c4c(cc5ccc(-c6c(C(C)C)cccc6C(C)C)cc5c4c2)-c2c-3cc3cc4c(-c5ccccc5)cccc4cc3c2-c2c(C)cccc2C)c1. The van der Waals surface area contributed by atoms with Crippen LogP contribution in [0.3, 0.4) is 0 Å². The zero-order valence-electron chi connectivity index (χ0n) is 37.2. The van der Waals surface area contributed by atoms with Gasteiger partial charge in [-0.2, -0.15) is 0 Å². The van der Waals surface area contributed by atoms with Crippen LogP contribution in [0, 0.1) is 27.7 Å². The van der Waals surface area contributed by atoms with Crippen LogP contribution in [0.4, 0.5) is 0 Å². The summed E-state index contributed by atoms with van der Waals surface area (Å²) in [5.74, 6) is 0.825. The summed E-state index contributed by atoms with van der Waals surface area (Å²) in [5.41, 5.74) is 23.8. The molecule has 11 rings (SSSR count). The first-order valence-electron chi connectivity index (χ1n) is 22.5. The van der Waals surface area contributed by atoms with Crippen molar-refractivity contribution in [1.82, 2.24) is 0 Å². The predicted octanol–water partition coefficient (Wildman–Crippen LogP) is 18.1. The van der Waals surface area contributed by atoms with Crippen molar-refractivity contribution in [3.05, 3.63) is 191 Å². The van der Waals surface area contributed by atoms with Crippen LogP contribution in [0.2, 0.25) is 0 Å². The fourth-order valence-electron chi connectivity index (χ4n) is 11.1. The van der Waals surface area contributed by atoms with Gasteiger partial charge in [-0.25, -0.2) is 0 Å². The van der Waals surface area contributed by atoms with Crippen LogP contribution in [-0.4, -0.2) is 0 Å². The zero-order valence-corrected chi connectivity index (χ0v) is 37.2. The van der Waals surface area contributed by atoms with Crippen molar-refractivity contribution in [2.75, 3.05) is 0 Å². The van der Waals surface area contributed by atoms with Crippen LogP contribution < -0.4 is 0 Å². The van der Waals surface area contributed by atoms with Crippen molar-refractivity contribution in [2.24, 2.45) is 0 Å². The fourth-order valence-corrected chi connectivity index (χ4v) is 11.1. The maximum Gasteiger partial charge on any atom is -0.00132 e. The minimum atomic E-state index is 0.413. The highest BCUT2D eigenvalue weighted by molar-refractivity contribution is 6.29. The first-order chi connectivity index (χ1) is 30.0. The molecule has 0 N–H and O–H groups in total. The van der Waals surface area contributed by atoms with E-state index in [9.17, 15) is 0 Å². The lowest BCUT2D eigenvalue weighted by Gasteiger charge is -2.21. The molecule has 0 aromatic heterocycles. The molecule has 10 aromatic carbocycles. The molecule has 10 aromatic rings. The summed E-state index contributed by atoms with van der Waals surface area (Å²) in [4.78, 5) is 0. The van der Waals surface area contributed by atoms with Gasteiger partial charge >= 0.3 is 0 Å². The van der Waals surface area contributed by atoms with Gasteiger partial charge in [0.2, 0.25) is 0 Å². The Morgan fingerprint density at radius 2 is 0.919 bits per heavy atom. The minimum absolute atomic E-state index is 0.413. The predicted molar refractivity (Wildman–Crippen MR) is 270 cm³/mol. The van der Waals surface area contributed by atoms with Gasteiger partial charge in [-0.1, -0.05) is 154 Å². The second kappa shape index (κ2) is 14.4. The van der Waals surface area contributed by atoms with Gasteiger partial charge < -0.3 is 0 Å². The molecule has 0 nitrogen and oxygen atoms in total. The molecule has 0 fully saturated rings. The molecular formula is C62H52. The van der Waals surface area contributed by atoms with E-state index in [-0.39, 0.29) is 0 Å². The van der Waals surface area contributed by atoms with Crippen LogP contribution in [0.1, 0.15) is 72.9 Å². The molecule has 62 heavy (non-hydrogen) atoms. The van der Waals surface area contributed by atoms with E-state index >= 15 is 0 Å². The number of rotatable bonds is 6. The number of benzene rings is 10. The van der Waals surface area contributed by atoms with E-state index in [1.165, 1.54) is 143 Å². The molecule has 0 amide bonds. The second-order valence-corrected chi connectivity index (χ2v) is 18.7. The van der Waals surface area contributed by atoms with E-state index in [0.717, 1.165) is 0 Å². The van der Waals surface area contributed by atoms with Gasteiger partial charge in [-0.3, -0.25) is 0 Å². The summed E-state index contributed by atoms with van der Waals surface area (Å²) >= 11 is 0. The van der Waals surface area contributed by atoms with Crippen molar-refractivity contribution in [3.8, 4) is 66.8 Å². The molecule has 1 aliphatic carbocycles. The van der Waals surface area contributed by atoms with Crippen molar-refractivity contribution in [2.45, 2.75) is 67.2 Å². The van der Waals surface area contributed by atoms with E-state index in [4.69, 9.17) is 0 Å².